The number of nitrogens with zero attached hydrogens (tertiary/aromatic N) is 3. The number of carbonyl (C=O) groups is 1. The zero-order valence-electron chi connectivity index (χ0n) is 43.6. The van der Waals surface area contributed by atoms with Crippen molar-refractivity contribution in [2.45, 2.75) is 44.5 Å². The number of hydrogen-bond donors (Lipinski definition) is 3. The maximum absolute atomic E-state index is 14.9. The molecule has 0 saturated heterocycles. The molecule has 0 bridgehead atoms. The van der Waals surface area contributed by atoms with Gasteiger partial charge in [0.15, 0.2) is 0 Å². The van der Waals surface area contributed by atoms with E-state index in [1.807, 2.05) is 0 Å². The SMILES string of the molecule is [2H]OC(=O)C([2H])([2H])[C@]([2H])(O[2H])C([2H])([2H])[C@]([2H])(O[2H])/C([2H])=C(\[2H])c1c(-c2c([2H])c([2H])c(F)c([2H])c2[2H])nc(N(C([2H])([2H])[2H])S(=O)(=O)C([2H])([2H])[2H])nc1C([2H])(C([2H])([2H])[2H])C([2H])([2H])[2H]. The second-order valence-electron chi connectivity index (χ2n) is 5.37. The summed E-state index contributed by atoms with van der Waals surface area (Å²) in [6.45, 7) is -13.3. The molecule has 3 N–H and O–H groups in total. The minimum absolute atomic E-state index is 1.19. The molecule has 0 aliphatic rings. The molecule has 0 aliphatic carbocycles. The first kappa shape index (κ1) is 7.30. The van der Waals surface area contributed by atoms with Crippen molar-refractivity contribution in [1.29, 1.82) is 4.29 Å². The molecule has 0 saturated carbocycles. The van der Waals surface area contributed by atoms with Crippen molar-refractivity contribution in [1.82, 2.24) is 9.97 Å². The number of aromatic nitrogens is 2. The van der Waals surface area contributed by atoms with Crippen molar-refractivity contribution in [3.63, 3.8) is 0 Å². The largest absolute Gasteiger partial charge is 0.481 e. The van der Waals surface area contributed by atoms with Crippen LogP contribution >= 0.6 is 0 Å². The Hall–Kier alpha value is -2.89. The molecule has 0 fully saturated rings. The predicted octanol–water partition coefficient (Wildman–Crippen LogP) is 2.40. The Morgan fingerprint density at radius 1 is 1.39 bits per heavy atom. The quantitative estimate of drug-likeness (QED) is 0.396. The van der Waals surface area contributed by atoms with Gasteiger partial charge >= 0.3 is 5.97 Å². The van der Waals surface area contributed by atoms with Gasteiger partial charge in [0.2, 0.25) is 18.8 Å². The number of carboxylic acids is 1. The van der Waals surface area contributed by atoms with Gasteiger partial charge < -0.3 is 15.3 Å². The van der Waals surface area contributed by atoms with Crippen LogP contribution < -0.4 is 4.31 Å². The summed E-state index contributed by atoms with van der Waals surface area (Å²) in [6.07, 6.45) is -23.0. The number of aliphatic carboxylic acids is 1. The van der Waals surface area contributed by atoms with Crippen LogP contribution in [0.25, 0.3) is 18.7 Å². The number of anilines is 1. The van der Waals surface area contributed by atoms with E-state index in [0.717, 1.165) is 0 Å². The van der Waals surface area contributed by atoms with E-state index in [2.05, 4.69) is 25.3 Å². The monoisotopic (exact) mass is 509 g/mol. The van der Waals surface area contributed by atoms with Gasteiger partial charge in [-0.25, -0.2) is 27.1 Å². The number of halogens is 1. The Kier molecular flexibility index (Phi) is 2.39. The topological polar surface area (TPSA) is 141 Å². The van der Waals surface area contributed by atoms with Crippen LogP contribution in [-0.4, -0.2) is 67.9 Å². The van der Waals surface area contributed by atoms with Gasteiger partial charge in [0.1, 0.15) is 5.82 Å². The minimum Gasteiger partial charge on any atom is -0.481 e. The van der Waals surface area contributed by atoms with Crippen LogP contribution in [0.3, 0.4) is 0 Å². The summed E-state index contributed by atoms with van der Waals surface area (Å²) in [6, 6.07) is -11.6. The molecule has 1 aromatic carbocycles. The van der Waals surface area contributed by atoms with Crippen LogP contribution in [0, 0.1) is 5.82 Å². The highest BCUT2D eigenvalue weighted by atomic mass is 32.2. The zero-order valence-corrected chi connectivity index (χ0v) is 16.4. The minimum atomic E-state index is -6.45. The molecule has 0 aliphatic heterocycles. The van der Waals surface area contributed by atoms with Crippen LogP contribution in [0.1, 0.15) is 77.9 Å². The highest BCUT2D eigenvalue weighted by Gasteiger charge is 2.22. The van der Waals surface area contributed by atoms with Gasteiger partial charge in [-0.3, -0.25) is 4.79 Å². The molecule has 0 spiro atoms. The number of rotatable bonds is 12. The van der Waals surface area contributed by atoms with Crippen molar-refractivity contribution in [3.8, 4) is 11.3 Å². The van der Waals surface area contributed by atoms with Gasteiger partial charge in [-0.2, -0.15) is 0 Å². The molecular formula is C22H28FN3O6S. The smallest absolute Gasteiger partial charge is 0.305 e. The molecule has 180 valence electrons. The fourth-order valence-electron chi connectivity index (χ4n) is 1.92. The molecule has 2 atom stereocenters. The van der Waals surface area contributed by atoms with Crippen LogP contribution in [0.4, 0.5) is 10.3 Å². The maximum Gasteiger partial charge on any atom is 0.305 e. The molecule has 2 rings (SSSR count). The van der Waals surface area contributed by atoms with Gasteiger partial charge in [0, 0.05) is 47.8 Å². The highest BCUT2D eigenvalue weighted by molar-refractivity contribution is 7.92. The van der Waals surface area contributed by atoms with Crippen LogP contribution in [0.2, 0.25) is 0 Å². The molecule has 33 heavy (non-hydrogen) atoms. The van der Waals surface area contributed by atoms with Crippen molar-refractivity contribution < 1.29 is 67.2 Å². The third kappa shape index (κ3) is 7.31. The summed E-state index contributed by atoms with van der Waals surface area (Å²) in [5, 5.41) is 11.1. The second kappa shape index (κ2) is 10.8. The average molecular weight is 510 g/mol. The number of hydrogen-bond acceptors (Lipinski definition) is 8. The average Bonchev–Trinajstić information content (AvgIpc) is 3.11. The lowest BCUT2D eigenvalue weighted by atomic mass is 9.97. The molecule has 9 nitrogen and oxygen atoms in total. The lowest BCUT2D eigenvalue weighted by molar-refractivity contribution is -0.139. The fourth-order valence-corrected chi connectivity index (χ4v) is 2.22. The number of sulfonamides is 1. The number of aliphatic hydroxyl groups is 2. The standard InChI is InChI=1S/C22H28FN3O6S/c1-13(2)20-18(10-9-16(27)11-17(28)12-19(29)30)21(14-5-7-15(23)8-6-14)25-22(24-20)26(3)33(4,31)32/h5-10,13,16-17,27-28H,11-12H2,1-4H3,(H,29,30)/b10-9+/t16-,17-/m1/s1/i1D3,2D3,3D3,4D3,5D,6D,7D,8D,9D,10D,11D2,12D2,13D,16D,17D,27D,28D/hD. The Morgan fingerprint density at radius 2 is 2.18 bits per heavy atom. The third-order valence-electron chi connectivity index (χ3n) is 3.13. The molecular weight excluding hydrogens is 453 g/mol. The maximum atomic E-state index is 14.9. The number of carboxylic acid groups (broad SMARTS) is 1. The van der Waals surface area contributed by atoms with Gasteiger partial charge in [-0.05, 0) is 30.1 Å². The summed E-state index contributed by atoms with van der Waals surface area (Å²) >= 11 is 0. The Morgan fingerprint density at radius 3 is 2.79 bits per heavy atom. The summed E-state index contributed by atoms with van der Waals surface area (Å²) in [5.74, 6) is -11.4. The predicted molar refractivity (Wildman–Crippen MR) is 123 cm³/mol. The summed E-state index contributed by atoms with van der Waals surface area (Å²) in [7, 11) is -6.45. The van der Waals surface area contributed by atoms with E-state index in [0.29, 0.717) is 0 Å². The van der Waals surface area contributed by atoms with Crippen molar-refractivity contribution in [3.05, 3.63) is 47.3 Å². The fraction of sp³-hybridized carbons (Fsp3) is 0.409. The van der Waals surface area contributed by atoms with E-state index >= 15 is 0 Å². The van der Waals surface area contributed by atoms with Crippen molar-refractivity contribution in [2.75, 3.05) is 17.5 Å². The molecule has 1 aromatic heterocycles. The van der Waals surface area contributed by atoms with Gasteiger partial charge in [0.05, 0.1) is 47.1 Å². The molecule has 0 unspecified atom stereocenters. The Labute approximate surface area is 231 Å². The Balaban J connectivity index is 3.82. The molecule has 0 amide bonds. The molecule has 0 radical (unpaired) electrons. The van der Waals surface area contributed by atoms with E-state index in [-0.39, 0.29) is 0 Å². The normalized spacial score (nSPS) is 31.3. The first-order chi connectivity index (χ1) is 26.9. The van der Waals surface area contributed by atoms with Crippen LogP contribution in [0.15, 0.2) is 30.2 Å². The summed E-state index contributed by atoms with van der Waals surface area (Å²) in [5.41, 5.74) is -7.93. The van der Waals surface area contributed by atoms with E-state index in [1.165, 1.54) is 0 Å². The van der Waals surface area contributed by atoms with Gasteiger partial charge in [-0.1, -0.05) is 25.8 Å². The van der Waals surface area contributed by atoms with Crippen molar-refractivity contribution in [2.24, 2.45) is 0 Å². The molecule has 11 heteroatoms. The van der Waals surface area contributed by atoms with E-state index in [4.69, 9.17) is 38.6 Å². The summed E-state index contributed by atoms with van der Waals surface area (Å²) < 4.78 is 265. The Bertz CT molecular complexity index is 2170. The van der Waals surface area contributed by atoms with Crippen LogP contribution in [-0.2, 0) is 14.8 Å². The lowest BCUT2D eigenvalue weighted by Crippen LogP contribution is -2.27. The second-order valence-corrected chi connectivity index (χ2v) is 6.69. The summed E-state index contributed by atoms with van der Waals surface area (Å²) in [4.78, 5) is 18.8. The van der Waals surface area contributed by atoms with E-state index in [1.54, 1.807) is 0 Å². The molecule has 2 aromatic rings. The number of benzene rings is 1. The van der Waals surface area contributed by atoms with Crippen molar-refractivity contribution >= 4 is 28.0 Å². The lowest BCUT2D eigenvalue weighted by Gasteiger charge is -2.20. The molecule has 1 heterocycles. The van der Waals surface area contributed by atoms with E-state index < -0.39 is 149 Å². The van der Waals surface area contributed by atoms with E-state index in [9.17, 15) is 17.6 Å². The van der Waals surface area contributed by atoms with Gasteiger partial charge in [-0.15, -0.1) is 0 Å². The zero-order chi connectivity index (χ0) is 48.6. The first-order valence-corrected chi connectivity index (χ1v) is 9.26. The third-order valence-corrected chi connectivity index (χ3v) is 3.78. The van der Waals surface area contributed by atoms with Gasteiger partial charge in [0.25, 0.3) is 1.43 Å². The first-order valence-electron chi connectivity index (χ1n) is 21.5. The van der Waals surface area contributed by atoms with Crippen LogP contribution in [0.5, 0.6) is 0 Å². The highest BCUT2D eigenvalue weighted by Crippen LogP contribution is 2.31.